The molecule has 0 unspecified atom stereocenters. The minimum Gasteiger partial charge on any atom is -0.493 e. The third-order valence-corrected chi connectivity index (χ3v) is 9.81. The van der Waals surface area contributed by atoms with Crippen LogP contribution in [0, 0.1) is 29.4 Å². The molecule has 3 saturated heterocycles. The van der Waals surface area contributed by atoms with Gasteiger partial charge in [0.2, 0.25) is 11.8 Å². The van der Waals surface area contributed by atoms with Crippen LogP contribution in [0.25, 0.3) is 0 Å². The van der Waals surface area contributed by atoms with Gasteiger partial charge in [0.05, 0.1) is 38.3 Å². The molecule has 2 amide bonds. The fourth-order valence-electron chi connectivity index (χ4n) is 6.70. The van der Waals surface area contributed by atoms with Crippen molar-refractivity contribution >= 4 is 11.8 Å². The fraction of sp³-hybridized carbons (Fsp3) is 0.758. The topological polar surface area (TPSA) is 196 Å². The molecule has 4 rings (SSSR count). The van der Waals surface area contributed by atoms with Crippen molar-refractivity contribution in [3.05, 3.63) is 29.3 Å². The molecule has 3 fully saturated rings. The Morgan fingerprint density at radius 1 is 0.980 bits per heavy atom. The average Bonchev–Trinajstić information content (AvgIpc) is 3.61. The van der Waals surface area contributed by atoms with Crippen LogP contribution in [0.15, 0.2) is 12.1 Å². The van der Waals surface area contributed by atoms with Crippen LogP contribution in [0.2, 0.25) is 0 Å². The minimum absolute atomic E-state index is 0.00227. The number of carbonyl (C=O) groups excluding carboxylic acids is 2. The number of likely N-dealkylation sites (tertiary alicyclic amines) is 2. The normalized spacial score (nSPS) is 24.7. The van der Waals surface area contributed by atoms with Gasteiger partial charge in [-0.1, -0.05) is 0 Å². The van der Waals surface area contributed by atoms with Crippen molar-refractivity contribution in [2.75, 3.05) is 72.7 Å². The fourth-order valence-corrected chi connectivity index (χ4v) is 6.70. The number of rotatable bonds is 17. The van der Waals surface area contributed by atoms with Gasteiger partial charge < -0.3 is 45.2 Å². The summed E-state index contributed by atoms with van der Waals surface area (Å²) < 4.78 is 40.7. The zero-order chi connectivity index (χ0) is 35.5. The van der Waals surface area contributed by atoms with Crippen LogP contribution in [0.5, 0.6) is 5.75 Å². The number of halogens is 2. The molecule has 16 heteroatoms. The quantitative estimate of drug-likeness (QED) is 0.0879. The SMILES string of the molecule is COCC1CNC(N2CCC(CCCOc3cc(F)c(CC(=O)N4CC[C@H](C(=O)NC[C@H](O)[C@@H](O)[C@H](O)[C@H](O)CO)C4)c(F)c3)CC2)NC1. The lowest BCUT2D eigenvalue weighted by atomic mass is 9.92. The van der Waals surface area contributed by atoms with Crippen molar-refractivity contribution in [3.63, 3.8) is 0 Å². The van der Waals surface area contributed by atoms with E-state index in [0.29, 0.717) is 18.4 Å². The van der Waals surface area contributed by atoms with Crippen LogP contribution in [0.3, 0.4) is 0 Å². The van der Waals surface area contributed by atoms with Crippen molar-refractivity contribution < 1.29 is 53.4 Å². The molecule has 0 radical (unpaired) electrons. The van der Waals surface area contributed by atoms with Crippen LogP contribution in [-0.4, -0.2) is 151 Å². The summed E-state index contributed by atoms with van der Waals surface area (Å²) in [6, 6.07) is 2.17. The predicted molar refractivity (Wildman–Crippen MR) is 173 cm³/mol. The highest BCUT2D eigenvalue weighted by molar-refractivity contribution is 5.83. The lowest BCUT2D eigenvalue weighted by Crippen LogP contribution is -2.62. The monoisotopic (exact) mass is 701 g/mol. The first-order valence-corrected chi connectivity index (χ1v) is 17.2. The Morgan fingerprint density at radius 3 is 2.27 bits per heavy atom. The first kappa shape index (κ1) is 39.2. The molecule has 0 aromatic heterocycles. The molecule has 0 aliphatic carbocycles. The number of nitrogens with one attached hydrogen (secondary N) is 3. The number of carbonyl (C=O) groups is 2. The van der Waals surface area contributed by atoms with Gasteiger partial charge in [-0.3, -0.25) is 25.1 Å². The molecule has 1 aromatic carbocycles. The summed E-state index contributed by atoms with van der Waals surface area (Å²) in [5.74, 6) is -2.39. The Hall–Kier alpha value is -2.54. The molecule has 14 nitrogen and oxygen atoms in total. The molecule has 5 atom stereocenters. The average molecular weight is 702 g/mol. The summed E-state index contributed by atoms with van der Waals surface area (Å²) in [6.45, 7) is 3.82. The van der Waals surface area contributed by atoms with Crippen LogP contribution >= 0.6 is 0 Å². The lowest BCUT2D eigenvalue weighted by molar-refractivity contribution is -0.131. The van der Waals surface area contributed by atoms with E-state index < -0.39 is 73.4 Å². The van der Waals surface area contributed by atoms with E-state index in [2.05, 4.69) is 20.9 Å². The third kappa shape index (κ3) is 11.2. The van der Waals surface area contributed by atoms with Crippen LogP contribution in [0.1, 0.15) is 37.7 Å². The number of aliphatic hydroxyl groups excluding tert-OH is 5. The predicted octanol–water partition coefficient (Wildman–Crippen LogP) is -1.48. The highest BCUT2D eigenvalue weighted by atomic mass is 19.1. The molecular formula is C33H53F2N5O9. The second-order valence-electron chi connectivity index (χ2n) is 13.4. The molecule has 1 aromatic rings. The number of ether oxygens (including phenoxy) is 2. The van der Waals surface area contributed by atoms with Crippen molar-refractivity contribution in [1.29, 1.82) is 0 Å². The molecule has 49 heavy (non-hydrogen) atoms. The molecule has 8 N–H and O–H groups in total. The zero-order valence-corrected chi connectivity index (χ0v) is 28.1. The van der Waals surface area contributed by atoms with Gasteiger partial charge in [0.25, 0.3) is 0 Å². The number of piperidine rings is 1. The van der Waals surface area contributed by atoms with Gasteiger partial charge in [-0.05, 0) is 38.0 Å². The number of aliphatic hydroxyl groups is 5. The maximum atomic E-state index is 14.9. The van der Waals surface area contributed by atoms with Crippen LogP contribution in [-0.2, 0) is 20.7 Å². The minimum atomic E-state index is -1.82. The van der Waals surface area contributed by atoms with Crippen molar-refractivity contribution in [2.24, 2.45) is 17.8 Å². The van der Waals surface area contributed by atoms with E-state index in [-0.39, 0.29) is 37.1 Å². The summed E-state index contributed by atoms with van der Waals surface area (Å²) in [4.78, 5) is 29.2. The Morgan fingerprint density at radius 2 is 1.63 bits per heavy atom. The maximum absolute atomic E-state index is 14.9. The Labute approximate surface area is 285 Å². The molecule has 3 heterocycles. The number of methoxy groups -OCH3 is 1. The Bertz CT molecular complexity index is 1180. The standard InChI is InChI=1S/C33H53F2N5O9/c1-48-19-21-14-37-33(38-15-21)39-7-4-20(5-8-39)3-2-10-49-23-11-25(34)24(26(35)12-23)13-29(44)40-9-6-22(17-40)32(47)36-16-27(42)30(45)31(46)28(43)18-41/h11-12,20-22,27-28,30-31,33,37-38,41-43,45-46H,2-10,13-19H2,1H3,(H,36,47)/t21?,22-,27-,28+,30+,31+,33?/m0/s1. The first-order chi connectivity index (χ1) is 23.5. The van der Waals surface area contributed by atoms with E-state index in [9.17, 15) is 38.8 Å². The molecule has 3 aliphatic heterocycles. The van der Waals surface area contributed by atoms with E-state index >= 15 is 0 Å². The number of amides is 2. The maximum Gasteiger partial charge on any atom is 0.227 e. The highest BCUT2D eigenvalue weighted by Crippen LogP contribution is 2.26. The molecule has 3 aliphatic rings. The number of benzene rings is 1. The van der Waals surface area contributed by atoms with Crippen molar-refractivity contribution in [1.82, 2.24) is 25.8 Å². The second-order valence-corrected chi connectivity index (χ2v) is 13.4. The van der Waals surface area contributed by atoms with E-state index in [1.54, 1.807) is 7.11 Å². The molecule has 278 valence electrons. The third-order valence-electron chi connectivity index (χ3n) is 9.81. The van der Waals surface area contributed by atoms with Gasteiger partial charge in [0, 0.05) is 76.5 Å². The number of hydrogen-bond donors (Lipinski definition) is 8. The Balaban J connectivity index is 1.14. The van der Waals surface area contributed by atoms with Crippen molar-refractivity contribution in [2.45, 2.75) is 69.2 Å². The molecule has 0 spiro atoms. The number of hydrogen-bond acceptors (Lipinski definition) is 12. The van der Waals surface area contributed by atoms with Crippen molar-refractivity contribution in [3.8, 4) is 5.75 Å². The summed E-state index contributed by atoms with van der Waals surface area (Å²) in [6.07, 6.45) is -3.14. The van der Waals surface area contributed by atoms with Gasteiger partial charge in [0.15, 0.2) is 0 Å². The van der Waals surface area contributed by atoms with Crippen LogP contribution in [0.4, 0.5) is 8.78 Å². The highest BCUT2D eigenvalue weighted by Gasteiger charge is 2.34. The summed E-state index contributed by atoms with van der Waals surface area (Å²) in [7, 11) is 1.72. The van der Waals surface area contributed by atoms with E-state index in [0.717, 1.165) is 70.6 Å². The Kier molecular flexibility index (Phi) is 15.4. The second kappa shape index (κ2) is 19.2. The first-order valence-electron chi connectivity index (χ1n) is 17.2. The number of nitrogens with zero attached hydrogens (tertiary/aromatic N) is 2. The lowest BCUT2D eigenvalue weighted by Gasteiger charge is -2.41. The van der Waals surface area contributed by atoms with Gasteiger partial charge in [0.1, 0.15) is 42.0 Å². The van der Waals surface area contributed by atoms with E-state index in [4.69, 9.17) is 14.6 Å². The molecule has 0 saturated carbocycles. The van der Waals surface area contributed by atoms with Gasteiger partial charge in [-0.2, -0.15) is 0 Å². The zero-order valence-electron chi connectivity index (χ0n) is 28.1. The molecule has 0 bridgehead atoms. The van der Waals surface area contributed by atoms with Gasteiger partial charge >= 0.3 is 0 Å². The van der Waals surface area contributed by atoms with E-state index in [1.807, 2.05) is 0 Å². The van der Waals surface area contributed by atoms with Gasteiger partial charge in [-0.25, -0.2) is 8.78 Å². The largest absolute Gasteiger partial charge is 0.493 e. The van der Waals surface area contributed by atoms with Crippen LogP contribution < -0.4 is 20.7 Å². The van der Waals surface area contributed by atoms with E-state index in [1.165, 1.54) is 4.90 Å². The smallest absolute Gasteiger partial charge is 0.227 e. The molecular weight excluding hydrogens is 648 g/mol. The van der Waals surface area contributed by atoms with Gasteiger partial charge in [-0.15, -0.1) is 0 Å². The summed E-state index contributed by atoms with van der Waals surface area (Å²) in [5, 5.41) is 57.4. The summed E-state index contributed by atoms with van der Waals surface area (Å²) >= 11 is 0. The summed E-state index contributed by atoms with van der Waals surface area (Å²) in [5.41, 5.74) is -0.381.